The average Bonchev–Trinajstić information content (AvgIpc) is 2.91. The summed E-state index contributed by atoms with van der Waals surface area (Å²) in [7, 11) is 1.57. The molecule has 1 amide bonds. The molecule has 3 N–H and O–H groups in total. The first kappa shape index (κ1) is 15.7. The Labute approximate surface area is 132 Å². The maximum absolute atomic E-state index is 11.5. The van der Waals surface area contributed by atoms with Crippen LogP contribution in [-0.2, 0) is 4.79 Å². The molecule has 0 unspecified atom stereocenters. The number of para-hydroxylation sites is 1. The summed E-state index contributed by atoms with van der Waals surface area (Å²) >= 11 is 1.18. The van der Waals surface area contributed by atoms with Crippen molar-refractivity contribution in [1.29, 1.82) is 0 Å². The van der Waals surface area contributed by atoms with Crippen molar-refractivity contribution in [2.75, 3.05) is 25.3 Å². The van der Waals surface area contributed by atoms with Crippen molar-refractivity contribution in [3.8, 4) is 29.5 Å². The molecule has 0 aliphatic carbocycles. The van der Waals surface area contributed by atoms with E-state index in [2.05, 4.69) is 21.4 Å². The number of nitrogen functional groups attached to an aromatic ring is 1. The molecule has 1 aromatic heterocycles. The molecule has 0 radical (unpaired) electrons. The number of terminal acetylenes is 1. The van der Waals surface area contributed by atoms with E-state index in [4.69, 9.17) is 17.0 Å². The summed E-state index contributed by atoms with van der Waals surface area (Å²) in [6, 6.07) is 7.35. The van der Waals surface area contributed by atoms with Crippen LogP contribution in [0.25, 0.3) is 11.4 Å². The van der Waals surface area contributed by atoms with Gasteiger partial charge in [0.1, 0.15) is 5.75 Å². The van der Waals surface area contributed by atoms with E-state index in [-0.39, 0.29) is 18.2 Å². The Morgan fingerprint density at radius 3 is 3.00 bits per heavy atom. The lowest BCUT2D eigenvalue weighted by Gasteiger charge is -2.07. The Kier molecular flexibility index (Phi) is 5.27. The second kappa shape index (κ2) is 7.38. The van der Waals surface area contributed by atoms with E-state index in [9.17, 15) is 4.79 Å². The molecule has 1 aromatic carbocycles. The fourth-order valence-corrected chi connectivity index (χ4v) is 2.41. The fraction of sp³-hybridized carbons (Fsp3) is 0.214. The number of nitrogens with zero attached hydrogens (tertiary/aromatic N) is 3. The van der Waals surface area contributed by atoms with Gasteiger partial charge in [0, 0.05) is 0 Å². The quantitative estimate of drug-likeness (QED) is 0.458. The SMILES string of the molecule is C#CCNC(=O)CSc1nnc(-c2ccccc2OC)n1N. The number of nitrogens with two attached hydrogens (primary N) is 1. The van der Waals surface area contributed by atoms with Crippen molar-refractivity contribution in [3.63, 3.8) is 0 Å². The molecule has 0 fully saturated rings. The number of ether oxygens (including phenoxy) is 1. The number of carbonyl (C=O) groups is 1. The van der Waals surface area contributed by atoms with Gasteiger partial charge in [-0.3, -0.25) is 4.79 Å². The molecule has 0 bridgehead atoms. The lowest BCUT2D eigenvalue weighted by molar-refractivity contribution is -0.118. The van der Waals surface area contributed by atoms with Gasteiger partial charge < -0.3 is 15.9 Å². The van der Waals surface area contributed by atoms with Gasteiger partial charge in [0.25, 0.3) is 0 Å². The number of nitrogens with one attached hydrogen (secondary N) is 1. The first-order valence-electron chi connectivity index (χ1n) is 6.34. The molecule has 2 aromatic rings. The van der Waals surface area contributed by atoms with E-state index in [0.29, 0.717) is 16.7 Å². The highest BCUT2D eigenvalue weighted by molar-refractivity contribution is 7.99. The Morgan fingerprint density at radius 2 is 2.27 bits per heavy atom. The highest BCUT2D eigenvalue weighted by atomic mass is 32.2. The lowest BCUT2D eigenvalue weighted by atomic mass is 10.2. The molecule has 2 rings (SSSR count). The molecule has 0 saturated carbocycles. The highest BCUT2D eigenvalue weighted by Crippen LogP contribution is 2.29. The van der Waals surface area contributed by atoms with Crippen LogP contribution in [0.2, 0.25) is 0 Å². The molecule has 1 heterocycles. The zero-order chi connectivity index (χ0) is 15.9. The van der Waals surface area contributed by atoms with Crippen molar-refractivity contribution >= 4 is 17.7 Å². The van der Waals surface area contributed by atoms with Crippen LogP contribution in [0.3, 0.4) is 0 Å². The molecule has 8 heteroatoms. The predicted molar refractivity (Wildman–Crippen MR) is 84.7 cm³/mol. The number of hydrogen-bond acceptors (Lipinski definition) is 6. The lowest BCUT2D eigenvalue weighted by Crippen LogP contribution is -2.25. The summed E-state index contributed by atoms with van der Waals surface area (Å²) in [6.07, 6.45) is 5.07. The molecule has 22 heavy (non-hydrogen) atoms. The van der Waals surface area contributed by atoms with E-state index in [1.165, 1.54) is 16.4 Å². The molecule has 0 saturated heterocycles. The second-order valence-electron chi connectivity index (χ2n) is 4.15. The minimum absolute atomic E-state index is 0.156. The summed E-state index contributed by atoms with van der Waals surface area (Å²) in [4.78, 5) is 11.5. The van der Waals surface area contributed by atoms with Crippen molar-refractivity contribution in [1.82, 2.24) is 20.2 Å². The monoisotopic (exact) mass is 317 g/mol. The Balaban J connectivity index is 2.13. The van der Waals surface area contributed by atoms with Crippen molar-refractivity contribution in [2.24, 2.45) is 0 Å². The van der Waals surface area contributed by atoms with Gasteiger partial charge in [-0.05, 0) is 12.1 Å². The number of carbonyl (C=O) groups excluding carboxylic acids is 1. The van der Waals surface area contributed by atoms with E-state index in [1.807, 2.05) is 24.3 Å². The minimum atomic E-state index is -0.190. The number of benzene rings is 1. The van der Waals surface area contributed by atoms with Gasteiger partial charge in [-0.25, -0.2) is 4.68 Å². The molecule has 114 valence electrons. The van der Waals surface area contributed by atoms with Crippen LogP contribution in [0.5, 0.6) is 5.75 Å². The third-order valence-electron chi connectivity index (χ3n) is 2.73. The summed E-state index contributed by atoms with van der Waals surface area (Å²) < 4.78 is 6.61. The smallest absolute Gasteiger partial charge is 0.231 e. The molecule has 0 aliphatic rings. The van der Waals surface area contributed by atoms with Crippen LogP contribution >= 0.6 is 11.8 Å². The number of rotatable bonds is 6. The molecule has 0 atom stereocenters. The largest absolute Gasteiger partial charge is 0.496 e. The third kappa shape index (κ3) is 3.51. The molecular formula is C14H15N5O2S. The molecule has 0 spiro atoms. The Morgan fingerprint density at radius 1 is 1.50 bits per heavy atom. The summed E-state index contributed by atoms with van der Waals surface area (Å²) in [6.45, 7) is 0.196. The van der Waals surface area contributed by atoms with Gasteiger partial charge in [0.15, 0.2) is 5.82 Å². The molecule has 0 aliphatic heterocycles. The van der Waals surface area contributed by atoms with Crippen LogP contribution in [0.15, 0.2) is 29.4 Å². The summed E-state index contributed by atoms with van der Waals surface area (Å²) in [5, 5.41) is 11.0. The van der Waals surface area contributed by atoms with Gasteiger partial charge in [-0.15, -0.1) is 16.6 Å². The van der Waals surface area contributed by atoms with Crippen LogP contribution in [0, 0.1) is 12.3 Å². The number of methoxy groups -OCH3 is 1. The first-order chi connectivity index (χ1) is 10.7. The topological polar surface area (TPSA) is 95.1 Å². The predicted octanol–water partition coefficient (Wildman–Crippen LogP) is 0.509. The standard InChI is InChI=1S/C14H15N5O2S/c1-3-8-16-12(20)9-22-14-18-17-13(19(14)15)10-6-4-5-7-11(10)21-2/h1,4-7H,8-9,15H2,2H3,(H,16,20). The van der Waals surface area contributed by atoms with E-state index in [0.717, 1.165) is 5.56 Å². The highest BCUT2D eigenvalue weighted by Gasteiger charge is 2.16. The van der Waals surface area contributed by atoms with E-state index < -0.39 is 0 Å². The summed E-state index contributed by atoms with van der Waals surface area (Å²) in [5.41, 5.74) is 0.726. The Bertz CT molecular complexity index is 707. The minimum Gasteiger partial charge on any atom is -0.496 e. The van der Waals surface area contributed by atoms with Gasteiger partial charge in [0.05, 0.1) is 25.0 Å². The zero-order valence-corrected chi connectivity index (χ0v) is 12.8. The fourth-order valence-electron chi connectivity index (χ4n) is 1.72. The normalized spacial score (nSPS) is 10.0. The van der Waals surface area contributed by atoms with Crippen LogP contribution in [0.4, 0.5) is 0 Å². The van der Waals surface area contributed by atoms with Crippen molar-refractivity contribution in [3.05, 3.63) is 24.3 Å². The van der Waals surface area contributed by atoms with Crippen LogP contribution in [-0.4, -0.2) is 40.2 Å². The van der Waals surface area contributed by atoms with Gasteiger partial charge in [-0.1, -0.05) is 29.8 Å². The van der Waals surface area contributed by atoms with Crippen molar-refractivity contribution in [2.45, 2.75) is 5.16 Å². The van der Waals surface area contributed by atoms with Gasteiger partial charge >= 0.3 is 0 Å². The van der Waals surface area contributed by atoms with E-state index >= 15 is 0 Å². The zero-order valence-electron chi connectivity index (χ0n) is 11.9. The molecular weight excluding hydrogens is 302 g/mol. The number of amides is 1. The first-order valence-corrected chi connectivity index (χ1v) is 7.32. The number of hydrogen-bond donors (Lipinski definition) is 2. The Hall–Kier alpha value is -2.66. The van der Waals surface area contributed by atoms with Crippen molar-refractivity contribution < 1.29 is 9.53 Å². The summed E-state index contributed by atoms with van der Waals surface area (Å²) in [5.74, 6) is 9.40. The van der Waals surface area contributed by atoms with E-state index in [1.54, 1.807) is 7.11 Å². The average molecular weight is 317 g/mol. The third-order valence-corrected chi connectivity index (χ3v) is 3.68. The number of aromatic nitrogens is 3. The maximum Gasteiger partial charge on any atom is 0.231 e. The van der Waals surface area contributed by atoms with Crippen LogP contribution in [0.1, 0.15) is 0 Å². The van der Waals surface area contributed by atoms with Crippen LogP contribution < -0.4 is 15.9 Å². The van der Waals surface area contributed by atoms with Gasteiger partial charge in [-0.2, -0.15) is 0 Å². The second-order valence-corrected chi connectivity index (χ2v) is 5.09. The van der Waals surface area contributed by atoms with Gasteiger partial charge in [0.2, 0.25) is 11.1 Å². The molecule has 7 nitrogen and oxygen atoms in total. The maximum atomic E-state index is 11.5. The number of thioether (sulfide) groups is 1.